The molecule has 4 heterocycles. The molecule has 0 saturated carbocycles. The van der Waals surface area contributed by atoms with E-state index in [-0.39, 0.29) is 18.2 Å². The zero-order chi connectivity index (χ0) is 21.2. The van der Waals surface area contributed by atoms with Gasteiger partial charge in [-0.15, -0.1) is 10.2 Å². The summed E-state index contributed by atoms with van der Waals surface area (Å²) in [5, 5.41) is 15.9. The van der Waals surface area contributed by atoms with Crippen molar-refractivity contribution in [3.8, 4) is 11.5 Å². The van der Waals surface area contributed by atoms with Crippen LogP contribution in [0.15, 0.2) is 22.5 Å². The average Bonchev–Trinajstić information content (AvgIpc) is 3.40. The quantitative estimate of drug-likeness (QED) is 0.615. The predicted octanol–water partition coefficient (Wildman–Crippen LogP) is 1.25. The minimum atomic E-state index is -0.115. The third-order valence-corrected chi connectivity index (χ3v) is 7.79. The summed E-state index contributed by atoms with van der Waals surface area (Å²) in [6.07, 6.45) is 0.376. The van der Waals surface area contributed by atoms with Crippen LogP contribution in [0, 0.1) is 6.92 Å². The second kappa shape index (κ2) is 9.29. The van der Waals surface area contributed by atoms with Gasteiger partial charge >= 0.3 is 0 Å². The molecule has 2 atom stereocenters. The van der Waals surface area contributed by atoms with E-state index >= 15 is 0 Å². The van der Waals surface area contributed by atoms with Crippen LogP contribution in [0.2, 0.25) is 0 Å². The number of benzene rings is 1. The van der Waals surface area contributed by atoms with Crippen LogP contribution in [0.1, 0.15) is 17.0 Å². The first-order valence-electron chi connectivity index (χ1n) is 10.5. The van der Waals surface area contributed by atoms with E-state index in [1.807, 2.05) is 13.0 Å². The second-order valence-corrected chi connectivity index (χ2v) is 10.4. The van der Waals surface area contributed by atoms with Crippen LogP contribution in [0.4, 0.5) is 0 Å². The first-order valence-corrected chi connectivity index (χ1v) is 12.3. The molecule has 31 heavy (non-hydrogen) atoms. The molecule has 1 aromatic carbocycles. The largest absolute Gasteiger partial charge is 0.454 e. The summed E-state index contributed by atoms with van der Waals surface area (Å²) in [6, 6.07) is 6.28. The molecule has 2 N–H and O–H groups in total. The Kier molecular flexibility index (Phi) is 6.28. The normalized spacial score (nSPS) is 24.4. The fourth-order valence-electron chi connectivity index (χ4n) is 4.05. The Morgan fingerprint density at radius 3 is 2.84 bits per heavy atom. The SMILES string of the molecule is Cc1nnc(SCC2CC(=O)NC(N3CCN(Cc4ccc5c(c4)OCO5)CC3)N2)s1. The number of aryl methyl sites for hydroxylation is 1. The highest BCUT2D eigenvalue weighted by molar-refractivity contribution is 8.01. The molecule has 2 fully saturated rings. The van der Waals surface area contributed by atoms with Gasteiger partial charge in [0.2, 0.25) is 12.7 Å². The van der Waals surface area contributed by atoms with E-state index in [1.165, 1.54) is 5.56 Å². The molecule has 1 aromatic heterocycles. The Labute approximate surface area is 189 Å². The number of rotatable bonds is 6. The number of thioether (sulfide) groups is 1. The number of carbonyl (C=O) groups is 1. The van der Waals surface area contributed by atoms with E-state index in [4.69, 9.17) is 9.47 Å². The predicted molar refractivity (Wildman–Crippen MR) is 118 cm³/mol. The third-order valence-electron chi connectivity index (χ3n) is 5.65. The van der Waals surface area contributed by atoms with Crippen LogP contribution in [0.3, 0.4) is 0 Å². The number of hydrogen-bond donors (Lipinski definition) is 2. The van der Waals surface area contributed by atoms with Crippen molar-refractivity contribution in [3.63, 3.8) is 0 Å². The molecule has 2 unspecified atom stereocenters. The number of fused-ring (bicyclic) bond motifs is 1. The lowest BCUT2D eigenvalue weighted by Gasteiger charge is -2.43. The molecule has 0 aliphatic carbocycles. The number of piperazine rings is 1. The molecule has 2 saturated heterocycles. The molecule has 1 amide bonds. The van der Waals surface area contributed by atoms with Crippen molar-refractivity contribution in [2.75, 3.05) is 38.7 Å². The zero-order valence-corrected chi connectivity index (χ0v) is 19.0. The first-order chi connectivity index (χ1) is 15.1. The molecule has 0 bridgehead atoms. The maximum absolute atomic E-state index is 12.3. The third kappa shape index (κ3) is 5.12. The molecule has 166 valence electrons. The number of carbonyl (C=O) groups excluding carboxylic acids is 1. The second-order valence-electron chi connectivity index (χ2n) is 7.94. The van der Waals surface area contributed by atoms with Gasteiger partial charge in [-0.1, -0.05) is 29.2 Å². The number of amides is 1. The van der Waals surface area contributed by atoms with E-state index in [1.54, 1.807) is 23.1 Å². The number of ether oxygens (including phenoxy) is 2. The highest BCUT2D eigenvalue weighted by Gasteiger charge is 2.31. The highest BCUT2D eigenvalue weighted by Crippen LogP contribution is 2.33. The molecule has 0 radical (unpaired) electrons. The smallest absolute Gasteiger partial charge is 0.231 e. The highest BCUT2D eigenvalue weighted by atomic mass is 32.2. The molecule has 3 aliphatic heterocycles. The molecule has 9 nitrogen and oxygen atoms in total. The lowest BCUT2D eigenvalue weighted by molar-refractivity contribution is -0.127. The van der Waals surface area contributed by atoms with Crippen molar-refractivity contribution >= 4 is 29.0 Å². The van der Waals surface area contributed by atoms with Gasteiger partial charge in [-0.25, -0.2) is 0 Å². The Hall–Kier alpha value is -1.92. The van der Waals surface area contributed by atoms with Crippen LogP contribution in [-0.2, 0) is 11.3 Å². The van der Waals surface area contributed by atoms with E-state index in [0.717, 1.165) is 59.3 Å². The van der Waals surface area contributed by atoms with E-state index < -0.39 is 0 Å². The number of hydrogen-bond acceptors (Lipinski definition) is 10. The van der Waals surface area contributed by atoms with Gasteiger partial charge < -0.3 is 14.8 Å². The zero-order valence-electron chi connectivity index (χ0n) is 17.4. The molecule has 2 aromatic rings. The number of nitrogens with zero attached hydrogens (tertiary/aromatic N) is 4. The van der Waals surface area contributed by atoms with Gasteiger partial charge in [-0.3, -0.25) is 19.9 Å². The lowest BCUT2D eigenvalue weighted by Crippen LogP contribution is -2.66. The topological polar surface area (TPSA) is 91.9 Å². The van der Waals surface area contributed by atoms with E-state index in [2.05, 4.69) is 42.8 Å². The minimum absolute atomic E-state index is 0.102. The summed E-state index contributed by atoms with van der Waals surface area (Å²) in [6.45, 7) is 6.84. The van der Waals surface area contributed by atoms with Crippen molar-refractivity contribution < 1.29 is 14.3 Å². The van der Waals surface area contributed by atoms with E-state index in [0.29, 0.717) is 13.2 Å². The van der Waals surface area contributed by atoms with Gasteiger partial charge in [-0.05, 0) is 24.6 Å². The summed E-state index contributed by atoms with van der Waals surface area (Å²) in [4.78, 5) is 17.0. The fraction of sp³-hybridized carbons (Fsp3) is 0.550. The first kappa shape index (κ1) is 21.0. The average molecular weight is 463 g/mol. The van der Waals surface area contributed by atoms with Crippen molar-refractivity contribution in [2.24, 2.45) is 0 Å². The van der Waals surface area contributed by atoms with Crippen molar-refractivity contribution in [1.82, 2.24) is 30.6 Å². The summed E-state index contributed by atoms with van der Waals surface area (Å²) in [7, 11) is 0. The molecule has 0 spiro atoms. The van der Waals surface area contributed by atoms with Crippen molar-refractivity contribution in [1.29, 1.82) is 0 Å². The van der Waals surface area contributed by atoms with Gasteiger partial charge in [0.15, 0.2) is 15.8 Å². The summed E-state index contributed by atoms with van der Waals surface area (Å²) in [5.41, 5.74) is 1.23. The molecular weight excluding hydrogens is 436 g/mol. The fourth-order valence-corrected chi connectivity index (χ4v) is 5.92. The molecule has 3 aliphatic rings. The number of aromatic nitrogens is 2. The van der Waals surface area contributed by atoms with E-state index in [9.17, 15) is 4.79 Å². The summed E-state index contributed by atoms with van der Waals surface area (Å²) >= 11 is 3.26. The summed E-state index contributed by atoms with van der Waals surface area (Å²) < 4.78 is 11.8. The van der Waals surface area contributed by atoms with Gasteiger partial charge in [0, 0.05) is 50.9 Å². The van der Waals surface area contributed by atoms with Gasteiger partial charge in [0.25, 0.3) is 0 Å². The van der Waals surface area contributed by atoms with Crippen molar-refractivity contribution in [2.45, 2.75) is 36.6 Å². The number of nitrogens with one attached hydrogen (secondary N) is 2. The molecule has 5 rings (SSSR count). The van der Waals surface area contributed by atoms with Gasteiger partial charge in [0.1, 0.15) is 11.3 Å². The molecular formula is C20H26N6O3S2. The van der Waals surface area contributed by atoms with Crippen LogP contribution >= 0.6 is 23.1 Å². The Morgan fingerprint density at radius 1 is 1.19 bits per heavy atom. The van der Waals surface area contributed by atoms with Crippen LogP contribution in [-0.4, -0.2) is 77.0 Å². The molecule has 11 heteroatoms. The summed E-state index contributed by atoms with van der Waals surface area (Å²) in [5.74, 6) is 2.56. The monoisotopic (exact) mass is 462 g/mol. The van der Waals surface area contributed by atoms with Crippen LogP contribution in [0.5, 0.6) is 11.5 Å². The maximum atomic E-state index is 12.3. The van der Waals surface area contributed by atoms with Crippen LogP contribution < -0.4 is 20.1 Å². The maximum Gasteiger partial charge on any atom is 0.231 e. The Balaban J connectivity index is 1.11. The Bertz CT molecular complexity index is 933. The van der Waals surface area contributed by atoms with Gasteiger partial charge in [-0.2, -0.15) is 0 Å². The standard InChI is InChI=1S/C20H26N6O3S2/c1-13-23-24-20(31-13)30-11-15-9-18(27)22-19(21-15)26-6-4-25(5-7-26)10-14-2-3-16-17(8-14)29-12-28-16/h2-3,8,15,19,21H,4-7,9-12H2,1H3,(H,22,27). The van der Waals surface area contributed by atoms with Crippen molar-refractivity contribution in [3.05, 3.63) is 28.8 Å². The van der Waals surface area contributed by atoms with Crippen LogP contribution in [0.25, 0.3) is 0 Å². The van der Waals surface area contributed by atoms with Gasteiger partial charge in [0.05, 0.1) is 0 Å². The minimum Gasteiger partial charge on any atom is -0.454 e. The Morgan fingerprint density at radius 2 is 2.03 bits per heavy atom. The lowest BCUT2D eigenvalue weighted by atomic mass is 10.1.